The van der Waals surface area contributed by atoms with Gasteiger partial charge in [0.2, 0.25) is 5.91 Å². The molecule has 0 N–H and O–H groups in total. The number of methoxy groups -OCH3 is 1. The molecule has 0 spiro atoms. The summed E-state index contributed by atoms with van der Waals surface area (Å²) in [6, 6.07) is 6.12. The SMILES string of the molecule is COCC(=O)N1CCC[C@@H](COc2cccc(F)c2)C1. The molecular formula is C15H20FNO3. The van der Waals surface area contributed by atoms with Crippen LogP contribution in [0.5, 0.6) is 5.75 Å². The van der Waals surface area contributed by atoms with Gasteiger partial charge in [-0.05, 0) is 25.0 Å². The molecule has 1 amide bonds. The van der Waals surface area contributed by atoms with Crippen molar-refractivity contribution in [2.45, 2.75) is 12.8 Å². The monoisotopic (exact) mass is 281 g/mol. The van der Waals surface area contributed by atoms with Crippen LogP contribution in [0.3, 0.4) is 0 Å². The Balaban J connectivity index is 1.82. The van der Waals surface area contributed by atoms with E-state index in [1.54, 1.807) is 12.1 Å². The van der Waals surface area contributed by atoms with E-state index in [0.29, 0.717) is 18.9 Å². The van der Waals surface area contributed by atoms with Gasteiger partial charge >= 0.3 is 0 Å². The quantitative estimate of drug-likeness (QED) is 0.829. The molecule has 1 heterocycles. The van der Waals surface area contributed by atoms with E-state index in [-0.39, 0.29) is 24.2 Å². The summed E-state index contributed by atoms with van der Waals surface area (Å²) < 4.78 is 23.5. The maximum atomic E-state index is 13.0. The number of hydrogen-bond acceptors (Lipinski definition) is 3. The highest BCUT2D eigenvalue weighted by Crippen LogP contribution is 2.19. The van der Waals surface area contributed by atoms with Gasteiger partial charge in [0, 0.05) is 32.2 Å². The van der Waals surface area contributed by atoms with Crippen molar-refractivity contribution in [3.63, 3.8) is 0 Å². The van der Waals surface area contributed by atoms with Crippen molar-refractivity contribution in [2.75, 3.05) is 33.4 Å². The van der Waals surface area contributed by atoms with Crippen molar-refractivity contribution in [3.8, 4) is 5.75 Å². The smallest absolute Gasteiger partial charge is 0.248 e. The van der Waals surface area contributed by atoms with Gasteiger partial charge in [0.15, 0.2) is 0 Å². The molecule has 1 fully saturated rings. The number of ether oxygens (including phenoxy) is 2. The molecule has 1 aliphatic rings. The molecule has 1 atom stereocenters. The predicted molar refractivity (Wildman–Crippen MR) is 73.1 cm³/mol. The Bertz CT molecular complexity index is 452. The zero-order valence-electron chi connectivity index (χ0n) is 11.7. The van der Waals surface area contributed by atoms with Crippen molar-refractivity contribution in [2.24, 2.45) is 5.92 Å². The van der Waals surface area contributed by atoms with Gasteiger partial charge in [-0.3, -0.25) is 4.79 Å². The Labute approximate surface area is 118 Å². The average molecular weight is 281 g/mol. The predicted octanol–water partition coefficient (Wildman–Crippen LogP) is 2.09. The summed E-state index contributed by atoms with van der Waals surface area (Å²) in [6.45, 7) is 2.08. The Hall–Kier alpha value is -1.62. The van der Waals surface area contributed by atoms with E-state index in [1.807, 2.05) is 4.90 Å². The van der Waals surface area contributed by atoms with Gasteiger partial charge in [0.05, 0.1) is 6.61 Å². The van der Waals surface area contributed by atoms with Gasteiger partial charge in [-0.2, -0.15) is 0 Å². The van der Waals surface area contributed by atoms with Crippen molar-refractivity contribution in [3.05, 3.63) is 30.1 Å². The van der Waals surface area contributed by atoms with Crippen molar-refractivity contribution < 1.29 is 18.7 Å². The molecule has 20 heavy (non-hydrogen) atoms. The summed E-state index contributed by atoms with van der Waals surface area (Å²) >= 11 is 0. The molecule has 1 aromatic rings. The van der Waals surface area contributed by atoms with Crippen LogP contribution < -0.4 is 4.74 Å². The van der Waals surface area contributed by atoms with E-state index in [0.717, 1.165) is 19.4 Å². The third-order valence-corrected chi connectivity index (χ3v) is 3.42. The molecule has 0 aromatic heterocycles. The number of amides is 1. The number of carbonyl (C=O) groups excluding carboxylic acids is 1. The summed E-state index contributed by atoms with van der Waals surface area (Å²) in [4.78, 5) is 13.6. The Morgan fingerprint density at radius 3 is 3.10 bits per heavy atom. The minimum absolute atomic E-state index is 0.0166. The molecule has 0 bridgehead atoms. The van der Waals surface area contributed by atoms with Crippen LogP contribution >= 0.6 is 0 Å². The minimum atomic E-state index is -0.303. The van der Waals surface area contributed by atoms with Crippen LogP contribution in [0.15, 0.2) is 24.3 Å². The first-order chi connectivity index (χ1) is 9.69. The Morgan fingerprint density at radius 1 is 1.50 bits per heavy atom. The number of halogens is 1. The highest BCUT2D eigenvalue weighted by molar-refractivity contribution is 5.77. The number of carbonyl (C=O) groups is 1. The third kappa shape index (κ3) is 4.20. The molecule has 0 unspecified atom stereocenters. The number of likely N-dealkylation sites (tertiary alicyclic amines) is 1. The van der Waals surface area contributed by atoms with Gasteiger partial charge in [0.25, 0.3) is 0 Å². The summed E-state index contributed by atoms with van der Waals surface area (Å²) in [5, 5.41) is 0. The zero-order chi connectivity index (χ0) is 14.4. The van der Waals surface area contributed by atoms with E-state index in [1.165, 1.54) is 19.2 Å². The summed E-state index contributed by atoms with van der Waals surface area (Å²) in [6.07, 6.45) is 1.98. The maximum Gasteiger partial charge on any atom is 0.248 e. The van der Waals surface area contributed by atoms with E-state index in [9.17, 15) is 9.18 Å². The lowest BCUT2D eigenvalue weighted by Crippen LogP contribution is -2.43. The Kier molecular flexibility index (Phi) is 5.35. The van der Waals surface area contributed by atoms with E-state index in [2.05, 4.69) is 0 Å². The molecule has 5 heteroatoms. The van der Waals surface area contributed by atoms with Crippen LogP contribution in [0.25, 0.3) is 0 Å². The normalized spacial score (nSPS) is 18.9. The maximum absolute atomic E-state index is 13.0. The topological polar surface area (TPSA) is 38.8 Å². The van der Waals surface area contributed by atoms with Crippen LogP contribution in [-0.4, -0.2) is 44.2 Å². The van der Waals surface area contributed by atoms with Gasteiger partial charge in [0.1, 0.15) is 18.2 Å². The highest BCUT2D eigenvalue weighted by atomic mass is 19.1. The number of rotatable bonds is 5. The molecule has 1 aromatic carbocycles. The lowest BCUT2D eigenvalue weighted by Gasteiger charge is -2.32. The van der Waals surface area contributed by atoms with E-state index in [4.69, 9.17) is 9.47 Å². The number of benzene rings is 1. The second-order valence-corrected chi connectivity index (χ2v) is 5.05. The first-order valence-electron chi connectivity index (χ1n) is 6.84. The highest BCUT2D eigenvalue weighted by Gasteiger charge is 2.23. The first kappa shape index (κ1) is 14.8. The van der Waals surface area contributed by atoms with Crippen molar-refractivity contribution in [1.82, 2.24) is 4.90 Å². The standard InChI is InChI=1S/C15H20FNO3/c1-19-11-15(18)17-7-3-4-12(9-17)10-20-14-6-2-5-13(16)8-14/h2,5-6,8,12H,3-4,7,9-11H2,1H3/t12-/m1/s1. The lowest BCUT2D eigenvalue weighted by molar-refractivity contribution is -0.137. The molecule has 0 aliphatic carbocycles. The fourth-order valence-corrected chi connectivity index (χ4v) is 2.41. The van der Waals surface area contributed by atoms with Crippen LogP contribution in [0.2, 0.25) is 0 Å². The van der Waals surface area contributed by atoms with E-state index >= 15 is 0 Å². The van der Waals surface area contributed by atoms with E-state index < -0.39 is 0 Å². The number of nitrogens with zero attached hydrogens (tertiary/aromatic N) is 1. The molecule has 2 rings (SSSR count). The van der Waals surface area contributed by atoms with Crippen LogP contribution in [0, 0.1) is 11.7 Å². The summed E-state index contributed by atoms with van der Waals surface area (Å²) in [5.74, 6) is 0.532. The molecule has 0 radical (unpaired) electrons. The van der Waals surface area contributed by atoms with Gasteiger partial charge in [-0.1, -0.05) is 6.07 Å². The Morgan fingerprint density at radius 2 is 2.35 bits per heavy atom. The van der Waals surface area contributed by atoms with Crippen LogP contribution in [0.1, 0.15) is 12.8 Å². The largest absolute Gasteiger partial charge is 0.493 e. The second-order valence-electron chi connectivity index (χ2n) is 5.05. The van der Waals surface area contributed by atoms with Crippen LogP contribution in [0.4, 0.5) is 4.39 Å². The van der Waals surface area contributed by atoms with Gasteiger partial charge in [-0.15, -0.1) is 0 Å². The molecule has 4 nitrogen and oxygen atoms in total. The second kappa shape index (κ2) is 7.24. The summed E-state index contributed by atoms with van der Waals surface area (Å²) in [7, 11) is 1.52. The summed E-state index contributed by atoms with van der Waals surface area (Å²) in [5.41, 5.74) is 0. The number of piperidine rings is 1. The van der Waals surface area contributed by atoms with Crippen LogP contribution in [-0.2, 0) is 9.53 Å². The molecule has 1 aliphatic heterocycles. The van der Waals surface area contributed by atoms with Crippen molar-refractivity contribution >= 4 is 5.91 Å². The minimum Gasteiger partial charge on any atom is -0.493 e. The van der Waals surface area contributed by atoms with Gasteiger partial charge < -0.3 is 14.4 Å². The molecule has 1 saturated heterocycles. The number of hydrogen-bond donors (Lipinski definition) is 0. The van der Waals surface area contributed by atoms with Gasteiger partial charge in [-0.25, -0.2) is 4.39 Å². The van der Waals surface area contributed by atoms with Crippen molar-refractivity contribution in [1.29, 1.82) is 0 Å². The average Bonchev–Trinajstić information content (AvgIpc) is 2.46. The fourth-order valence-electron chi connectivity index (χ4n) is 2.41. The first-order valence-corrected chi connectivity index (χ1v) is 6.84. The lowest BCUT2D eigenvalue weighted by atomic mass is 9.99. The molecule has 110 valence electrons. The third-order valence-electron chi connectivity index (χ3n) is 3.42. The zero-order valence-corrected chi connectivity index (χ0v) is 11.7. The molecule has 0 saturated carbocycles. The molecular weight excluding hydrogens is 261 g/mol. The fraction of sp³-hybridized carbons (Fsp3) is 0.533.